The zero-order valence-corrected chi connectivity index (χ0v) is 7.23. The van der Waals surface area contributed by atoms with Gasteiger partial charge in [0.15, 0.2) is 0 Å². The van der Waals surface area contributed by atoms with E-state index in [0.717, 1.165) is 13.0 Å². The first-order valence-electron chi connectivity index (χ1n) is 4.31. The molecule has 1 heterocycles. The summed E-state index contributed by atoms with van der Waals surface area (Å²) >= 11 is 0. The number of hydrogen-bond donors (Lipinski definition) is 2. The van der Waals surface area contributed by atoms with Crippen molar-refractivity contribution in [1.29, 1.82) is 0 Å². The number of rotatable bonds is 2. The predicted octanol–water partition coefficient (Wildman–Crippen LogP) is 0.684. The van der Waals surface area contributed by atoms with E-state index in [1.807, 2.05) is 0 Å². The van der Waals surface area contributed by atoms with Crippen molar-refractivity contribution in [3.05, 3.63) is 0 Å². The molecule has 0 aliphatic carbocycles. The smallest absolute Gasteiger partial charge is 0.128 e. The highest BCUT2D eigenvalue weighted by Gasteiger charge is 2.24. The Balaban J connectivity index is 2.29. The van der Waals surface area contributed by atoms with E-state index in [1.165, 1.54) is 0 Å². The average molecular weight is 160 g/mol. The Hall–Kier alpha value is -0.150. The topological polar surface area (TPSA) is 24.1 Å². The van der Waals surface area contributed by atoms with Gasteiger partial charge >= 0.3 is 0 Å². The molecule has 0 aromatic carbocycles. The summed E-state index contributed by atoms with van der Waals surface area (Å²) in [4.78, 5) is 0. The lowest BCUT2D eigenvalue weighted by Crippen LogP contribution is -2.50. The highest BCUT2D eigenvalue weighted by Crippen LogP contribution is 2.07. The van der Waals surface area contributed by atoms with Gasteiger partial charge in [-0.25, -0.2) is 4.39 Å². The fourth-order valence-electron chi connectivity index (χ4n) is 1.44. The standard InChI is InChI=1S/C8H17FN2/c1-6(2)11-8-3-4-10-5-7(8)9/h6-8,10-11H,3-5H2,1-2H3. The maximum Gasteiger partial charge on any atom is 0.128 e. The molecule has 66 valence electrons. The van der Waals surface area contributed by atoms with Crippen molar-refractivity contribution in [3.8, 4) is 0 Å². The molecule has 3 heteroatoms. The van der Waals surface area contributed by atoms with Gasteiger partial charge in [0.1, 0.15) is 6.17 Å². The van der Waals surface area contributed by atoms with Crippen LogP contribution in [0.25, 0.3) is 0 Å². The van der Waals surface area contributed by atoms with Gasteiger partial charge in [0, 0.05) is 18.6 Å². The fraction of sp³-hybridized carbons (Fsp3) is 1.00. The van der Waals surface area contributed by atoms with Gasteiger partial charge in [-0.3, -0.25) is 0 Å². The predicted molar refractivity (Wildman–Crippen MR) is 44.4 cm³/mol. The Morgan fingerprint density at radius 3 is 2.82 bits per heavy atom. The van der Waals surface area contributed by atoms with E-state index in [4.69, 9.17) is 0 Å². The van der Waals surface area contributed by atoms with Crippen LogP contribution >= 0.6 is 0 Å². The second-order valence-electron chi connectivity index (χ2n) is 3.44. The summed E-state index contributed by atoms with van der Waals surface area (Å²) < 4.78 is 13.1. The molecule has 1 aliphatic rings. The summed E-state index contributed by atoms with van der Waals surface area (Å²) in [6.45, 7) is 5.54. The number of alkyl halides is 1. The molecule has 1 saturated heterocycles. The van der Waals surface area contributed by atoms with Gasteiger partial charge in [-0.1, -0.05) is 13.8 Å². The molecule has 0 amide bonds. The number of halogens is 1. The van der Waals surface area contributed by atoms with Gasteiger partial charge in [0.25, 0.3) is 0 Å². The summed E-state index contributed by atoms with van der Waals surface area (Å²) in [7, 11) is 0. The van der Waals surface area contributed by atoms with E-state index >= 15 is 0 Å². The minimum atomic E-state index is -0.717. The second kappa shape index (κ2) is 4.02. The molecule has 0 bridgehead atoms. The molecule has 0 aromatic rings. The molecule has 1 rings (SSSR count). The van der Waals surface area contributed by atoms with Crippen LogP contribution in [0.1, 0.15) is 20.3 Å². The van der Waals surface area contributed by atoms with Gasteiger partial charge in [0.05, 0.1) is 0 Å². The summed E-state index contributed by atoms with van der Waals surface area (Å²) in [5.41, 5.74) is 0. The van der Waals surface area contributed by atoms with E-state index in [9.17, 15) is 4.39 Å². The van der Waals surface area contributed by atoms with Gasteiger partial charge in [-0.15, -0.1) is 0 Å². The normalized spacial score (nSPS) is 32.7. The molecule has 0 radical (unpaired) electrons. The molecule has 2 unspecified atom stereocenters. The molecular weight excluding hydrogens is 143 g/mol. The maximum absolute atomic E-state index is 13.1. The second-order valence-corrected chi connectivity index (χ2v) is 3.44. The molecule has 1 aliphatic heterocycles. The Kier molecular flexibility index (Phi) is 3.27. The fourth-order valence-corrected chi connectivity index (χ4v) is 1.44. The van der Waals surface area contributed by atoms with Gasteiger partial charge in [-0.05, 0) is 13.0 Å². The lowest BCUT2D eigenvalue weighted by atomic mass is 10.0. The van der Waals surface area contributed by atoms with Crippen LogP contribution in [-0.2, 0) is 0 Å². The molecule has 2 N–H and O–H groups in total. The van der Waals surface area contributed by atoms with Crippen LogP contribution in [0.5, 0.6) is 0 Å². The van der Waals surface area contributed by atoms with Crippen molar-refractivity contribution in [3.63, 3.8) is 0 Å². The minimum Gasteiger partial charge on any atom is -0.314 e. The molecular formula is C8H17FN2. The molecule has 2 atom stereocenters. The number of hydrogen-bond acceptors (Lipinski definition) is 2. The first kappa shape index (κ1) is 8.94. The van der Waals surface area contributed by atoms with Gasteiger partial charge in [0.2, 0.25) is 0 Å². The Bertz CT molecular complexity index is 117. The van der Waals surface area contributed by atoms with Gasteiger partial charge < -0.3 is 10.6 Å². The van der Waals surface area contributed by atoms with Crippen molar-refractivity contribution in [2.75, 3.05) is 13.1 Å². The quantitative estimate of drug-likeness (QED) is 0.621. The van der Waals surface area contributed by atoms with Crippen LogP contribution in [0, 0.1) is 0 Å². The molecule has 11 heavy (non-hydrogen) atoms. The molecule has 2 nitrogen and oxygen atoms in total. The molecule has 0 spiro atoms. The largest absolute Gasteiger partial charge is 0.314 e. The summed E-state index contributed by atoms with van der Waals surface area (Å²) in [5.74, 6) is 0. The van der Waals surface area contributed by atoms with E-state index in [1.54, 1.807) is 0 Å². The van der Waals surface area contributed by atoms with Crippen LogP contribution in [0.15, 0.2) is 0 Å². The van der Waals surface area contributed by atoms with Gasteiger partial charge in [-0.2, -0.15) is 0 Å². The van der Waals surface area contributed by atoms with Crippen LogP contribution in [0.2, 0.25) is 0 Å². The lowest BCUT2D eigenvalue weighted by Gasteiger charge is -2.29. The Morgan fingerprint density at radius 1 is 1.55 bits per heavy atom. The zero-order valence-electron chi connectivity index (χ0n) is 7.23. The van der Waals surface area contributed by atoms with E-state index in [2.05, 4.69) is 24.5 Å². The van der Waals surface area contributed by atoms with Crippen molar-refractivity contribution in [2.24, 2.45) is 0 Å². The third-order valence-corrected chi connectivity index (χ3v) is 1.96. The number of piperidine rings is 1. The van der Waals surface area contributed by atoms with Crippen molar-refractivity contribution >= 4 is 0 Å². The minimum absolute atomic E-state index is 0.0660. The lowest BCUT2D eigenvalue weighted by molar-refractivity contribution is 0.195. The monoisotopic (exact) mass is 160 g/mol. The summed E-state index contributed by atoms with van der Waals surface area (Å²) in [6.07, 6.45) is 0.186. The first-order chi connectivity index (χ1) is 5.20. The van der Waals surface area contributed by atoms with E-state index in [-0.39, 0.29) is 6.04 Å². The van der Waals surface area contributed by atoms with E-state index in [0.29, 0.717) is 12.6 Å². The highest BCUT2D eigenvalue weighted by molar-refractivity contribution is 4.84. The van der Waals surface area contributed by atoms with Crippen molar-refractivity contribution < 1.29 is 4.39 Å². The summed E-state index contributed by atoms with van der Waals surface area (Å²) in [5, 5.41) is 6.24. The number of nitrogens with one attached hydrogen (secondary N) is 2. The molecule has 0 aromatic heterocycles. The maximum atomic E-state index is 13.1. The Morgan fingerprint density at radius 2 is 2.27 bits per heavy atom. The molecule has 1 fully saturated rings. The zero-order chi connectivity index (χ0) is 8.27. The Labute approximate surface area is 67.6 Å². The SMILES string of the molecule is CC(C)NC1CCNCC1F. The third-order valence-electron chi connectivity index (χ3n) is 1.96. The van der Waals surface area contributed by atoms with Crippen molar-refractivity contribution in [1.82, 2.24) is 10.6 Å². The average Bonchev–Trinajstić information content (AvgIpc) is 1.93. The van der Waals surface area contributed by atoms with E-state index < -0.39 is 6.17 Å². The van der Waals surface area contributed by atoms with Crippen LogP contribution in [0.3, 0.4) is 0 Å². The first-order valence-corrected chi connectivity index (χ1v) is 4.31. The third kappa shape index (κ3) is 2.75. The highest BCUT2D eigenvalue weighted by atomic mass is 19.1. The molecule has 0 saturated carbocycles. The van der Waals surface area contributed by atoms with Crippen LogP contribution in [0.4, 0.5) is 4.39 Å². The van der Waals surface area contributed by atoms with Crippen LogP contribution < -0.4 is 10.6 Å². The van der Waals surface area contributed by atoms with Crippen molar-refractivity contribution in [2.45, 2.75) is 38.5 Å². The summed E-state index contributed by atoms with van der Waals surface area (Å²) in [6, 6.07) is 0.451. The van der Waals surface area contributed by atoms with Crippen LogP contribution in [-0.4, -0.2) is 31.3 Å².